The van der Waals surface area contributed by atoms with Crippen LogP contribution >= 0.6 is 11.8 Å². The Balaban J connectivity index is 1.81. The van der Waals surface area contributed by atoms with Gasteiger partial charge in [0.25, 0.3) is 0 Å². The SMILES string of the molecule is CC(C)C1CN(CC2CCCCS2)CCCN1. The van der Waals surface area contributed by atoms with Gasteiger partial charge in [0.05, 0.1) is 0 Å². The molecule has 2 atom stereocenters. The van der Waals surface area contributed by atoms with E-state index in [1.807, 2.05) is 0 Å². The highest BCUT2D eigenvalue weighted by Crippen LogP contribution is 2.26. The Labute approximate surface area is 111 Å². The summed E-state index contributed by atoms with van der Waals surface area (Å²) in [6.45, 7) is 9.78. The maximum Gasteiger partial charge on any atom is 0.0217 e. The van der Waals surface area contributed by atoms with E-state index in [-0.39, 0.29) is 0 Å². The van der Waals surface area contributed by atoms with Crippen molar-refractivity contribution in [3.05, 3.63) is 0 Å². The second-order valence-electron chi connectivity index (χ2n) is 5.91. The summed E-state index contributed by atoms with van der Waals surface area (Å²) in [7, 11) is 0. The van der Waals surface area contributed by atoms with Gasteiger partial charge in [-0.1, -0.05) is 20.3 Å². The standard InChI is InChI=1S/C14H28N2S/c1-12(2)14-11-16(8-5-7-15-14)10-13-6-3-4-9-17-13/h12-15H,3-11H2,1-2H3. The fourth-order valence-corrected chi connectivity index (χ4v) is 4.23. The summed E-state index contributed by atoms with van der Waals surface area (Å²) >= 11 is 2.21. The highest BCUT2D eigenvalue weighted by molar-refractivity contribution is 7.99. The number of nitrogens with zero attached hydrogens (tertiary/aromatic N) is 1. The predicted molar refractivity (Wildman–Crippen MR) is 77.8 cm³/mol. The minimum atomic E-state index is 0.700. The lowest BCUT2D eigenvalue weighted by Gasteiger charge is -2.31. The number of hydrogen-bond donors (Lipinski definition) is 1. The van der Waals surface area contributed by atoms with Crippen molar-refractivity contribution in [3.8, 4) is 0 Å². The molecule has 17 heavy (non-hydrogen) atoms. The van der Waals surface area contributed by atoms with Crippen LogP contribution in [0.25, 0.3) is 0 Å². The van der Waals surface area contributed by atoms with Gasteiger partial charge < -0.3 is 10.2 Å². The Bertz CT molecular complexity index is 214. The van der Waals surface area contributed by atoms with Crippen LogP contribution in [0.15, 0.2) is 0 Å². The topological polar surface area (TPSA) is 15.3 Å². The van der Waals surface area contributed by atoms with Crippen LogP contribution in [0.3, 0.4) is 0 Å². The first-order chi connectivity index (χ1) is 8.25. The number of thioether (sulfide) groups is 1. The molecule has 3 heteroatoms. The summed E-state index contributed by atoms with van der Waals surface area (Å²) in [4.78, 5) is 2.72. The molecule has 0 bridgehead atoms. The maximum atomic E-state index is 3.70. The van der Waals surface area contributed by atoms with Crippen LogP contribution in [0.4, 0.5) is 0 Å². The highest BCUT2D eigenvalue weighted by atomic mass is 32.2. The Kier molecular flexibility index (Phi) is 5.64. The van der Waals surface area contributed by atoms with Crippen LogP contribution in [-0.4, -0.2) is 48.1 Å². The van der Waals surface area contributed by atoms with Crippen molar-refractivity contribution in [1.29, 1.82) is 0 Å². The Hall–Kier alpha value is 0.270. The smallest absolute Gasteiger partial charge is 0.0217 e. The van der Waals surface area contributed by atoms with E-state index < -0.39 is 0 Å². The van der Waals surface area contributed by atoms with Gasteiger partial charge in [-0.2, -0.15) is 11.8 Å². The first-order valence-corrected chi connectivity index (χ1v) is 8.38. The molecule has 1 N–H and O–H groups in total. The van der Waals surface area contributed by atoms with Crippen molar-refractivity contribution in [2.75, 3.05) is 31.9 Å². The third-order valence-electron chi connectivity index (χ3n) is 4.05. The summed E-state index contributed by atoms with van der Waals surface area (Å²) in [5.41, 5.74) is 0. The van der Waals surface area contributed by atoms with Crippen LogP contribution in [-0.2, 0) is 0 Å². The molecule has 100 valence electrons. The number of nitrogens with one attached hydrogen (secondary N) is 1. The molecule has 2 unspecified atom stereocenters. The monoisotopic (exact) mass is 256 g/mol. The van der Waals surface area contributed by atoms with Crippen LogP contribution in [0.5, 0.6) is 0 Å². The molecule has 0 aromatic carbocycles. The normalized spacial score (nSPS) is 32.6. The molecule has 2 saturated heterocycles. The zero-order valence-electron chi connectivity index (χ0n) is 11.5. The van der Waals surface area contributed by atoms with Crippen molar-refractivity contribution in [2.45, 2.75) is 50.8 Å². The lowest BCUT2D eigenvalue weighted by Crippen LogP contribution is -2.43. The number of rotatable bonds is 3. The average molecular weight is 256 g/mol. The van der Waals surface area contributed by atoms with Crippen molar-refractivity contribution in [1.82, 2.24) is 10.2 Å². The van der Waals surface area contributed by atoms with Crippen molar-refractivity contribution in [2.24, 2.45) is 5.92 Å². The summed E-state index contributed by atoms with van der Waals surface area (Å²) in [5, 5.41) is 4.61. The Morgan fingerprint density at radius 1 is 1.29 bits per heavy atom. The number of hydrogen-bond acceptors (Lipinski definition) is 3. The second kappa shape index (κ2) is 7.01. The van der Waals surface area contributed by atoms with E-state index in [9.17, 15) is 0 Å². The molecule has 0 aromatic rings. The van der Waals surface area contributed by atoms with Gasteiger partial charge in [-0.25, -0.2) is 0 Å². The minimum Gasteiger partial charge on any atom is -0.312 e. The molecule has 0 aromatic heterocycles. The van der Waals surface area contributed by atoms with Crippen LogP contribution in [0, 0.1) is 5.92 Å². The predicted octanol–water partition coefficient (Wildman–Crippen LogP) is 2.59. The zero-order chi connectivity index (χ0) is 12.1. The van der Waals surface area contributed by atoms with Crippen molar-refractivity contribution >= 4 is 11.8 Å². The summed E-state index contributed by atoms with van der Waals surface area (Å²) in [5.74, 6) is 2.15. The van der Waals surface area contributed by atoms with Crippen LogP contribution in [0.1, 0.15) is 39.5 Å². The highest BCUT2D eigenvalue weighted by Gasteiger charge is 2.23. The summed E-state index contributed by atoms with van der Waals surface area (Å²) in [6, 6.07) is 0.700. The van der Waals surface area contributed by atoms with E-state index in [4.69, 9.17) is 0 Å². The minimum absolute atomic E-state index is 0.700. The maximum absolute atomic E-state index is 3.70. The lowest BCUT2D eigenvalue weighted by molar-refractivity contribution is 0.243. The van der Waals surface area contributed by atoms with Gasteiger partial charge in [-0.15, -0.1) is 0 Å². The van der Waals surface area contributed by atoms with Gasteiger partial charge in [-0.05, 0) is 44.0 Å². The molecule has 0 aliphatic carbocycles. The molecule has 2 heterocycles. The van der Waals surface area contributed by atoms with Crippen LogP contribution < -0.4 is 5.32 Å². The van der Waals surface area contributed by atoms with Crippen LogP contribution in [0.2, 0.25) is 0 Å². The van der Waals surface area contributed by atoms with E-state index >= 15 is 0 Å². The molecule has 0 spiro atoms. The third-order valence-corrected chi connectivity index (χ3v) is 5.43. The van der Waals surface area contributed by atoms with E-state index in [1.54, 1.807) is 0 Å². The first kappa shape index (κ1) is 13.7. The molecule has 0 saturated carbocycles. The van der Waals surface area contributed by atoms with Gasteiger partial charge in [0.15, 0.2) is 0 Å². The molecular weight excluding hydrogens is 228 g/mol. The Morgan fingerprint density at radius 2 is 2.18 bits per heavy atom. The van der Waals surface area contributed by atoms with Crippen molar-refractivity contribution in [3.63, 3.8) is 0 Å². The fraction of sp³-hybridized carbons (Fsp3) is 1.00. The van der Waals surface area contributed by atoms with Crippen molar-refractivity contribution < 1.29 is 0 Å². The lowest BCUT2D eigenvalue weighted by atomic mass is 10.0. The molecule has 2 aliphatic heterocycles. The molecule has 2 fully saturated rings. The van der Waals surface area contributed by atoms with E-state index in [0.717, 1.165) is 11.2 Å². The summed E-state index contributed by atoms with van der Waals surface area (Å²) in [6.07, 6.45) is 5.66. The molecular formula is C14H28N2S. The first-order valence-electron chi connectivity index (χ1n) is 7.33. The van der Waals surface area contributed by atoms with E-state index in [1.165, 1.54) is 57.6 Å². The van der Waals surface area contributed by atoms with E-state index in [2.05, 4.69) is 35.8 Å². The molecule has 0 radical (unpaired) electrons. The second-order valence-corrected chi connectivity index (χ2v) is 7.31. The third kappa shape index (κ3) is 4.46. The quantitative estimate of drug-likeness (QED) is 0.835. The Morgan fingerprint density at radius 3 is 2.88 bits per heavy atom. The average Bonchev–Trinajstić information content (AvgIpc) is 2.56. The molecule has 0 amide bonds. The zero-order valence-corrected chi connectivity index (χ0v) is 12.3. The van der Waals surface area contributed by atoms with Gasteiger partial charge in [0.1, 0.15) is 0 Å². The fourth-order valence-electron chi connectivity index (χ4n) is 2.88. The van der Waals surface area contributed by atoms with Gasteiger partial charge in [0, 0.05) is 24.4 Å². The molecule has 2 nitrogen and oxygen atoms in total. The molecule has 2 aliphatic rings. The van der Waals surface area contributed by atoms with Gasteiger partial charge >= 0.3 is 0 Å². The van der Waals surface area contributed by atoms with Gasteiger partial charge in [-0.3, -0.25) is 0 Å². The van der Waals surface area contributed by atoms with E-state index in [0.29, 0.717) is 6.04 Å². The largest absolute Gasteiger partial charge is 0.312 e. The molecule has 2 rings (SSSR count). The summed E-state index contributed by atoms with van der Waals surface area (Å²) < 4.78 is 0. The van der Waals surface area contributed by atoms with Gasteiger partial charge in [0.2, 0.25) is 0 Å².